The van der Waals surface area contributed by atoms with Crippen molar-refractivity contribution < 1.29 is 29.1 Å². The molecule has 45 heavy (non-hydrogen) atoms. The van der Waals surface area contributed by atoms with E-state index in [0.29, 0.717) is 12.8 Å². The fourth-order valence-electron chi connectivity index (χ4n) is 6.88. The number of aliphatic hydroxyl groups is 1. The van der Waals surface area contributed by atoms with Gasteiger partial charge in [-0.1, -0.05) is 168 Å². The Morgan fingerprint density at radius 1 is 0.533 bits per heavy atom. The molecule has 0 rings (SSSR count). The summed E-state index contributed by atoms with van der Waals surface area (Å²) in [5.41, 5.74) is -2.25. The highest BCUT2D eigenvalue weighted by Crippen LogP contribution is 2.29. The molecule has 0 aromatic heterocycles. The van der Waals surface area contributed by atoms with E-state index in [9.17, 15) is 24.6 Å². The first-order chi connectivity index (χ1) is 21.5. The number of aliphatic carboxylic acids is 1. The molecule has 6 heteroatoms. The monoisotopic (exact) mass is 638 g/mol. The van der Waals surface area contributed by atoms with Gasteiger partial charge < -0.3 is 19.5 Å². The highest BCUT2D eigenvalue weighted by atomic mass is 16.4. The van der Waals surface area contributed by atoms with Crippen LogP contribution in [0.15, 0.2) is 0 Å². The number of nitrogens with zero attached hydrogens (tertiary/aromatic N) is 1. The molecular weight excluding hydrogens is 562 g/mol. The SMILES string of the molecule is CCCCCCCCCCCCCCCC(=O)C(C(O)(CC(=O)[O-])C(=O)CCCCCCCCCCCCCCC)[N+](C)(C)C. The quantitative estimate of drug-likeness (QED) is 0.0561. The summed E-state index contributed by atoms with van der Waals surface area (Å²) in [5, 5.41) is 23.3. The molecule has 0 aromatic rings. The van der Waals surface area contributed by atoms with Gasteiger partial charge in [-0.3, -0.25) is 9.59 Å². The van der Waals surface area contributed by atoms with Gasteiger partial charge in [-0.15, -0.1) is 0 Å². The fourth-order valence-corrected chi connectivity index (χ4v) is 6.88. The van der Waals surface area contributed by atoms with Gasteiger partial charge in [0.25, 0.3) is 0 Å². The van der Waals surface area contributed by atoms with Crippen LogP contribution in [0.4, 0.5) is 0 Å². The van der Waals surface area contributed by atoms with Gasteiger partial charge in [0.15, 0.2) is 23.2 Å². The van der Waals surface area contributed by atoms with Crippen LogP contribution in [0.5, 0.6) is 0 Å². The van der Waals surface area contributed by atoms with E-state index in [4.69, 9.17) is 0 Å². The third-order valence-electron chi connectivity index (χ3n) is 9.46. The first-order valence-corrected chi connectivity index (χ1v) is 19.3. The van der Waals surface area contributed by atoms with Crippen LogP contribution in [0.1, 0.15) is 200 Å². The van der Waals surface area contributed by atoms with Crippen molar-refractivity contribution in [3.8, 4) is 0 Å². The second-order valence-corrected chi connectivity index (χ2v) is 14.9. The molecule has 0 saturated heterocycles. The molecule has 6 nitrogen and oxygen atoms in total. The van der Waals surface area contributed by atoms with E-state index < -0.39 is 29.8 Å². The molecule has 0 saturated carbocycles. The Hall–Kier alpha value is -1.27. The molecule has 266 valence electrons. The highest BCUT2D eigenvalue weighted by Gasteiger charge is 2.53. The molecule has 0 fully saturated rings. The third kappa shape index (κ3) is 22.8. The summed E-state index contributed by atoms with van der Waals surface area (Å²) in [5.74, 6) is -2.26. The Kier molecular flexibility index (Phi) is 27.0. The summed E-state index contributed by atoms with van der Waals surface area (Å²) in [6.07, 6.45) is 30.6. The highest BCUT2D eigenvalue weighted by molar-refractivity contribution is 5.98. The van der Waals surface area contributed by atoms with Crippen LogP contribution in [0.3, 0.4) is 0 Å². The fraction of sp³-hybridized carbons (Fsp3) is 0.923. The van der Waals surface area contributed by atoms with Crippen molar-refractivity contribution in [1.29, 1.82) is 0 Å². The summed E-state index contributed by atoms with van der Waals surface area (Å²) in [4.78, 5) is 38.6. The van der Waals surface area contributed by atoms with Crippen molar-refractivity contribution in [2.24, 2.45) is 0 Å². The smallest absolute Gasteiger partial charge is 0.193 e. The van der Waals surface area contributed by atoms with Crippen molar-refractivity contribution in [1.82, 2.24) is 0 Å². The number of ketones is 2. The normalized spacial score (nSPS) is 13.9. The van der Waals surface area contributed by atoms with E-state index in [1.165, 1.54) is 116 Å². The lowest BCUT2D eigenvalue weighted by Gasteiger charge is -2.42. The van der Waals surface area contributed by atoms with Crippen LogP contribution < -0.4 is 5.11 Å². The van der Waals surface area contributed by atoms with Crippen molar-refractivity contribution >= 4 is 17.5 Å². The summed E-state index contributed by atoms with van der Waals surface area (Å²) in [7, 11) is 5.27. The van der Waals surface area contributed by atoms with E-state index in [0.717, 1.165) is 38.5 Å². The van der Waals surface area contributed by atoms with Crippen LogP contribution in [-0.2, 0) is 14.4 Å². The second-order valence-electron chi connectivity index (χ2n) is 14.9. The summed E-state index contributed by atoms with van der Waals surface area (Å²) in [6.45, 7) is 4.49. The van der Waals surface area contributed by atoms with Gasteiger partial charge in [-0.05, 0) is 12.8 Å². The first-order valence-electron chi connectivity index (χ1n) is 19.3. The molecular formula is C39H75NO5. The maximum Gasteiger partial charge on any atom is 0.193 e. The molecule has 0 aliphatic carbocycles. The van der Waals surface area contributed by atoms with Gasteiger partial charge in [0, 0.05) is 25.2 Å². The van der Waals surface area contributed by atoms with Crippen LogP contribution >= 0.6 is 0 Å². The first kappa shape index (κ1) is 43.7. The van der Waals surface area contributed by atoms with Gasteiger partial charge >= 0.3 is 0 Å². The predicted molar refractivity (Wildman–Crippen MR) is 187 cm³/mol. The minimum Gasteiger partial charge on any atom is -0.550 e. The lowest BCUT2D eigenvalue weighted by atomic mass is 9.79. The van der Waals surface area contributed by atoms with Crippen LogP contribution in [-0.4, -0.2) is 59.9 Å². The number of quaternary nitrogens is 1. The zero-order chi connectivity index (χ0) is 33.8. The topological polar surface area (TPSA) is 94.5 Å². The van der Waals surface area contributed by atoms with Crippen molar-refractivity contribution in [3.63, 3.8) is 0 Å². The zero-order valence-corrected chi connectivity index (χ0v) is 30.6. The minimum atomic E-state index is -2.25. The maximum atomic E-state index is 13.5. The Bertz CT molecular complexity index is 746. The van der Waals surface area contributed by atoms with Gasteiger partial charge in [0.1, 0.15) is 0 Å². The van der Waals surface area contributed by atoms with Gasteiger partial charge in [0.2, 0.25) is 0 Å². The Labute approximate surface area is 279 Å². The lowest BCUT2D eigenvalue weighted by molar-refractivity contribution is -0.892. The summed E-state index contributed by atoms with van der Waals surface area (Å²) >= 11 is 0. The zero-order valence-electron chi connectivity index (χ0n) is 30.6. The van der Waals surface area contributed by atoms with Crippen LogP contribution in [0, 0.1) is 0 Å². The van der Waals surface area contributed by atoms with Gasteiger partial charge in [0.05, 0.1) is 21.1 Å². The predicted octanol–water partition coefficient (Wildman–Crippen LogP) is 9.03. The molecule has 0 bridgehead atoms. The Morgan fingerprint density at radius 2 is 0.822 bits per heavy atom. The standard InChI is InChI=1S/C39H75NO5/c1-6-8-10-12-14-16-18-20-22-24-26-28-30-32-35(41)38(40(3,4)5)39(45,34-37(43)44)36(42)33-31-29-27-25-23-21-19-17-15-13-11-9-7-2/h38,45H,6-34H2,1-5H3. The van der Waals surface area contributed by atoms with Gasteiger partial charge in [-0.25, -0.2) is 0 Å². The average Bonchev–Trinajstić information content (AvgIpc) is 2.96. The minimum absolute atomic E-state index is 0.00536. The van der Waals surface area contributed by atoms with Crippen molar-refractivity contribution in [2.45, 2.75) is 212 Å². The number of carbonyl (C=O) groups is 3. The molecule has 2 atom stereocenters. The number of carboxylic acids is 1. The van der Waals surface area contributed by atoms with Crippen molar-refractivity contribution in [2.75, 3.05) is 21.1 Å². The Morgan fingerprint density at radius 3 is 1.11 bits per heavy atom. The third-order valence-corrected chi connectivity index (χ3v) is 9.46. The summed E-state index contributed by atoms with van der Waals surface area (Å²) < 4.78 is 0.00536. The molecule has 0 heterocycles. The largest absolute Gasteiger partial charge is 0.550 e. The number of Topliss-reactive ketones (excluding diaryl/α,β-unsaturated/α-hetero) is 2. The van der Waals surface area contributed by atoms with E-state index in [2.05, 4.69) is 13.8 Å². The molecule has 1 N–H and O–H groups in total. The van der Waals surface area contributed by atoms with E-state index >= 15 is 0 Å². The molecule has 0 amide bonds. The molecule has 0 aromatic carbocycles. The number of rotatable bonds is 34. The number of unbranched alkanes of at least 4 members (excludes halogenated alkanes) is 24. The average molecular weight is 638 g/mol. The lowest BCUT2D eigenvalue weighted by Crippen LogP contribution is -2.66. The number of carboxylic acid groups (broad SMARTS) is 1. The van der Waals surface area contributed by atoms with E-state index in [1.807, 2.05) is 0 Å². The molecule has 0 radical (unpaired) electrons. The molecule has 0 aliphatic rings. The van der Waals surface area contributed by atoms with Gasteiger partial charge in [-0.2, -0.15) is 0 Å². The van der Waals surface area contributed by atoms with E-state index in [-0.39, 0.29) is 23.1 Å². The van der Waals surface area contributed by atoms with Crippen molar-refractivity contribution in [3.05, 3.63) is 0 Å². The number of likely N-dealkylation sites (N-methyl/N-ethyl adjacent to an activating group) is 1. The number of hydrogen-bond acceptors (Lipinski definition) is 5. The van der Waals surface area contributed by atoms with Crippen LogP contribution in [0.25, 0.3) is 0 Å². The molecule has 0 aliphatic heterocycles. The maximum absolute atomic E-state index is 13.5. The molecule has 2 unspecified atom stereocenters. The summed E-state index contributed by atoms with van der Waals surface area (Å²) in [6, 6.07) is -1.12. The van der Waals surface area contributed by atoms with Crippen LogP contribution in [0.2, 0.25) is 0 Å². The number of carbonyl (C=O) groups excluding carboxylic acids is 3. The Balaban J connectivity index is 4.55. The van der Waals surface area contributed by atoms with E-state index in [1.54, 1.807) is 21.1 Å². The second kappa shape index (κ2) is 27.8. The number of hydrogen-bond donors (Lipinski definition) is 1. The molecule has 0 spiro atoms.